The molecule has 3 heteroatoms. The van der Waals surface area contributed by atoms with Crippen LogP contribution in [0.3, 0.4) is 0 Å². The molecule has 0 saturated heterocycles. The van der Waals surface area contributed by atoms with Crippen molar-refractivity contribution in [2.24, 2.45) is 10.8 Å². The second kappa shape index (κ2) is 4.36. The fourth-order valence-electron chi connectivity index (χ4n) is 3.97. The van der Waals surface area contributed by atoms with Crippen LogP contribution >= 0.6 is 0 Å². The third-order valence-corrected chi connectivity index (χ3v) is 4.32. The van der Waals surface area contributed by atoms with Crippen molar-refractivity contribution >= 4 is 17.0 Å². The standard InChI is InChI=1S/C18H23NO2/c1-6-21-12-7-8-13-14-10-17(2,3)11-18(4,5)16(14)19(20)15(13)9-12/h7-10H,6,11H2,1-5H3. The van der Waals surface area contributed by atoms with Gasteiger partial charge in [0.05, 0.1) is 29.2 Å². The maximum atomic E-state index is 12.8. The molecule has 21 heavy (non-hydrogen) atoms. The molecule has 0 unspecified atom stereocenters. The van der Waals surface area contributed by atoms with Crippen molar-refractivity contribution in [3.8, 4) is 5.75 Å². The number of benzene rings is 1. The van der Waals surface area contributed by atoms with Gasteiger partial charge in [0.15, 0.2) is 0 Å². The van der Waals surface area contributed by atoms with Gasteiger partial charge in [-0.25, -0.2) is 0 Å². The smallest absolute Gasteiger partial charge is 0.228 e. The molecule has 1 aromatic carbocycles. The van der Waals surface area contributed by atoms with E-state index in [-0.39, 0.29) is 10.8 Å². The van der Waals surface area contributed by atoms with E-state index >= 15 is 0 Å². The molecule has 0 amide bonds. The molecule has 0 fully saturated rings. The van der Waals surface area contributed by atoms with Crippen molar-refractivity contribution in [2.45, 2.75) is 41.0 Å². The van der Waals surface area contributed by atoms with Crippen LogP contribution in [-0.4, -0.2) is 17.1 Å². The molecule has 2 aliphatic rings. The monoisotopic (exact) mass is 285 g/mol. The van der Waals surface area contributed by atoms with Crippen LogP contribution in [0.2, 0.25) is 0 Å². The van der Waals surface area contributed by atoms with Gasteiger partial charge >= 0.3 is 0 Å². The second-order valence-corrected chi connectivity index (χ2v) is 7.36. The number of allylic oxidation sites excluding steroid dienone is 2. The molecule has 0 aromatic heterocycles. The molecular formula is C18H23NO2. The average molecular weight is 285 g/mol. The van der Waals surface area contributed by atoms with Crippen LogP contribution in [0.5, 0.6) is 5.75 Å². The Hall–Kier alpha value is -1.77. The summed E-state index contributed by atoms with van der Waals surface area (Å²) in [5.74, 6) is 0.758. The zero-order chi connectivity index (χ0) is 15.4. The summed E-state index contributed by atoms with van der Waals surface area (Å²) in [4.78, 5) is 0. The van der Waals surface area contributed by atoms with E-state index in [0.717, 1.165) is 33.8 Å². The maximum Gasteiger partial charge on any atom is 0.228 e. The Morgan fingerprint density at radius 3 is 2.62 bits per heavy atom. The summed E-state index contributed by atoms with van der Waals surface area (Å²) in [7, 11) is 0. The summed E-state index contributed by atoms with van der Waals surface area (Å²) < 4.78 is 6.64. The van der Waals surface area contributed by atoms with Gasteiger partial charge in [0.25, 0.3) is 0 Å². The molecule has 1 aromatic rings. The summed E-state index contributed by atoms with van der Waals surface area (Å²) >= 11 is 0. The van der Waals surface area contributed by atoms with E-state index in [2.05, 4.69) is 33.8 Å². The topological polar surface area (TPSA) is 35.3 Å². The Morgan fingerprint density at radius 2 is 1.95 bits per heavy atom. The van der Waals surface area contributed by atoms with Crippen molar-refractivity contribution in [3.63, 3.8) is 0 Å². The SMILES string of the molecule is CCOc1ccc2c(c1)[N+]([O-])=C1C2=CC(C)(C)CC1(C)C. The van der Waals surface area contributed by atoms with Gasteiger partial charge in [0, 0.05) is 0 Å². The van der Waals surface area contributed by atoms with Crippen LogP contribution in [0, 0.1) is 16.0 Å². The van der Waals surface area contributed by atoms with Gasteiger partial charge in [-0.15, -0.1) is 0 Å². The lowest BCUT2D eigenvalue weighted by molar-refractivity contribution is -0.361. The fraction of sp³-hybridized carbons (Fsp3) is 0.500. The van der Waals surface area contributed by atoms with Gasteiger partial charge in [-0.1, -0.05) is 19.9 Å². The predicted molar refractivity (Wildman–Crippen MR) is 86.1 cm³/mol. The highest BCUT2D eigenvalue weighted by Crippen LogP contribution is 2.50. The number of hydrogen-bond acceptors (Lipinski definition) is 2. The minimum atomic E-state index is -0.125. The Balaban J connectivity index is 2.21. The maximum absolute atomic E-state index is 12.8. The lowest BCUT2D eigenvalue weighted by Gasteiger charge is -2.36. The molecule has 112 valence electrons. The highest BCUT2D eigenvalue weighted by atomic mass is 16.5. The first-order chi connectivity index (χ1) is 9.75. The van der Waals surface area contributed by atoms with E-state index < -0.39 is 0 Å². The molecule has 1 aliphatic carbocycles. The average Bonchev–Trinajstić information content (AvgIpc) is 2.61. The van der Waals surface area contributed by atoms with Crippen molar-refractivity contribution in [2.75, 3.05) is 6.61 Å². The molecule has 0 bridgehead atoms. The molecule has 0 radical (unpaired) electrons. The first-order valence-corrected chi connectivity index (χ1v) is 7.60. The van der Waals surface area contributed by atoms with Gasteiger partial charge in [0.1, 0.15) is 5.75 Å². The lowest BCUT2D eigenvalue weighted by Crippen LogP contribution is -2.36. The molecule has 0 saturated carbocycles. The zero-order valence-corrected chi connectivity index (χ0v) is 13.5. The number of rotatable bonds is 2. The predicted octanol–water partition coefficient (Wildman–Crippen LogP) is 4.52. The quantitative estimate of drug-likeness (QED) is 0.591. The normalized spacial score (nSPS) is 21.7. The third-order valence-electron chi connectivity index (χ3n) is 4.32. The van der Waals surface area contributed by atoms with E-state index in [1.807, 2.05) is 25.1 Å². The third kappa shape index (κ3) is 2.15. The van der Waals surface area contributed by atoms with Crippen LogP contribution in [0.15, 0.2) is 24.3 Å². The van der Waals surface area contributed by atoms with Crippen molar-refractivity contribution in [1.82, 2.24) is 0 Å². The van der Waals surface area contributed by atoms with E-state index in [0.29, 0.717) is 12.3 Å². The minimum absolute atomic E-state index is 0.101. The summed E-state index contributed by atoms with van der Waals surface area (Å²) in [6, 6.07) is 5.83. The Labute approximate surface area is 126 Å². The van der Waals surface area contributed by atoms with Gasteiger partial charge in [0.2, 0.25) is 11.4 Å². The molecule has 3 nitrogen and oxygen atoms in total. The van der Waals surface area contributed by atoms with E-state index in [1.165, 1.54) is 0 Å². The second-order valence-electron chi connectivity index (χ2n) is 7.36. The van der Waals surface area contributed by atoms with Crippen molar-refractivity contribution in [3.05, 3.63) is 35.0 Å². The molecule has 1 heterocycles. The van der Waals surface area contributed by atoms with Crippen LogP contribution in [0.4, 0.5) is 5.69 Å². The Bertz CT molecular complexity index is 666. The minimum Gasteiger partial charge on any atom is -0.618 e. The number of ether oxygens (including phenoxy) is 1. The van der Waals surface area contributed by atoms with Gasteiger partial charge in [-0.3, -0.25) is 0 Å². The molecule has 3 rings (SSSR count). The summed E-state index contributed by atoms with van der Waals surface area (Å²) in [5, 5.41) is 12.8. The molecule has 0 spiro atoms. The van der Waals surface area contributed by atoms with Crippen LogP contribution in [0.1, 0.15) is 46.6 Å². The summed E-state index contributed by atoms with van der Waals surface area (Å²) in [5.41, 5.74) is 3.72. The highest BCUT2D eigenvalue weighted by Gasteiger charge is 2.48. The van der Waals surface area contributed by atoms with Gasteiger partial charge < -0.3 is 9.94 Å². The Morgan fingerprint density at radius 1 is 1.24 bits per heavy atom. The van der Waals surface area contributed by atoms with Crippen LogP contribution < -0.4 is 4.74 Å². The number of nitrogens with zero attached hydrogens (tertiary/aromatic N) is 1. The lowest BCUT2D eigenvalue weighted by atomic mass is 9.65. The summed E-state index contributed by atoms with van der Waals surface area (Å²) in [6.45, 7) is 11.4. The van der Waals surface area contributed by atoms with E-state index in [4.69, 9.17) is 4.74 Å². The van der Waals surface area contributed by atoms with Crippen LogP contribution in [0.25, 0.3) is 5.57 Å². The first-order valence-electron chi connectivity index (χ1n) is 7.60. The van der Waals surface area contributed by atoms with Crippen molar-refractivity contribution in [1.29, 1.82) is 0 Å². The van der Waals surface area contributed by atoms with Gasteiger partial charge in [-0.2, -0.15) is 4.74 Å². The molecule has 1 aliphatic heterocycles. The molecular weight excluding hydrogens is 262 g/mol. The van der Waals surface area contributed by atoms with E-state index in [1.54, 1.807) is 0 Å². The molecule has 0 atom stereocenters. The largest absolute Gasteiger partial charge is 0.618 e. The van der Waals surface area contributed by atoms with E-state index in [9.17, 15) is 5.21 Å². The van der Waals surface area contributed by atoms with Crippen molar-refractivity contribution < 1.29 is 9.48 Å². The van der Waals surface area contributed by atoms with Gasteiger partial charge in [-0.05, 0) is 44.7 Å². The fourth-order valence-corrected chi connectivity index (χ4v) is 3.97. The van der Waals surface area contributed by atoms with Crippen LogP contribution in [-0.2, 0) is 0 Å². The zero-order valence-electron chi connectivity index (χ0n) is 13.5. The Kier molecular flexibility index (Phi) is 2.94. The number of fused-ring (bicyclic) bond motifs is 3. The highest BCUT2D eigenvalue weighted by molar-refractivity contribution is 6.27. The number of hydrogen-bond donors (Lipinski definition) is 0. The first kappa shape index (κ1) is 14.2. The summed E-state index contributed by atoms with van der Waals surface area (Å²) in [6.07, 6.45) is 3.23. The molecule has 0 N–H and O–H groups in total.